The number of hydrogen-bond acceptors (Lipinski definition) is 6. The van der Waals surface area contributed by atoms with Crippen LogP contribution >= 0.6 is 0 Å². The third kappa shape index (κ3) is 3.10. The van der Waals surface area contributed by atoms with Crippen molar-refractivity contribution in [3.05, 3.63) is 39.2 Å². The van der Waals surface area contributed by atoms with Crippen molar-refractivity contribution in [1.29, 1.82) is 0 Å². The van der Waals surface area contributed by atoms with Gasteiger partial charge in [0.2, 0.25) is 0 Å². The maximum Gasteiger partial charge on any atom is 0.276 e. The lowest BCUT2D eigenvalue weighted by Gasteiger charge is -2.08. The zero-order valence-electron chi connectivity index (χ0n) is 12.5. The number of pyridine rings is 1. The fourth-order valence-corrected chi connectivity index (χ4v) is 2.09. The summed E-state index contributed by atoms with van der Waals surface area (Å²) >= 11 is 0. The predicted molar refractivity (Wildman–Crippen MR) is 80.4 cm³/mol. The highest BCUT2D eigenvalue weighted by Gasteiger charge is 2.13. The molecular weight excluding hydrogens is 272 g/mol. The molecule has 0 fully saturated rings. The molecule has 2 rings (SSSR count). The van der Waals surface area contributed by atoms with Gasteiger partial charge >= 0.3 is 0 Å². The van der Waals surface area contributed by atoms with Crippen molar-refractivity contribution in [2.24, 2.45) is 7.05 Å². The van der Waals surface area contributed by atoms with Gasteiger partial charge in [0, 0.05) is 31.9 Å². The second-order valence-electron chi connectivity index (χ2n) is 4.73. The zero-order valence-corrected chi connectivity index (χ0v) is 12.5. The molecule has 2 aromatic rings. The fraction of sp³-hybridized carbons (Fsp3) is 0.385. The molecule has 0 spiro atoms. The summed E-state index contributed by atoms with van der Waals surface area (Å²) in [6.07, 6.45) is 0. The minimum atomic E-state index is -0.436. The molecule has 2 aromatic heterocycles. The molecular formula is C13H18N6O2. The molecule has 2 N–H and O–H groups in total. The van der Waals surface area contributed by atoms with Crippen LogP contribution in [0.3, 0.4) is 0 Å². The summed E-state index contributed by atoms with van der Waals surface area (Å²) in [4.78, 5) is 14.7. The Labute approximate surface area is 122 Å². The molecule has 0 unspecified atom stereocenters. The van der Waals surface area contributed by atoms with Crippen LogP contribution in [0, 0.1) is 24.0 Å². The van der Waals surface area contributed by atoms with Crippen LogP contribution in [0.25, 0.3) is 0 Å². The molecule has 0 aliphatic heterocycles. The molecule has 0 atom stereocenters. The van der Waals surface area contributed by atoms with E-state index in [0.717, 1.165) is 17.0 Å². The Kier molecular flexibility index (Phi) is 4.06. The van der Waals surface area contributed by atoms with Gasteiger partial charge in [-0.05, 0) is 13.8 Å². The third-order valence-corrected chi connectivity index (χ3v) is 3.38. The number of anilines is 2. The molecule has 8 heteroatoms. The number of nitro groups is 1. The molecule has 0 aromatic carbocycles. The van der Waals surface area contributed by atoms with E-state index in [1.165, 1.54) is 12.1 Å². The van der Waals surface area contributed by atoms with Crippen LogP contribution in [0.1, 0.15) is 17.0 Å². The van der Waals surface area contributed by atoms with E-state index in [2.05, 4.69) is 20.7 Å². The first-order valence-electron chi connectivity index (χ1n) is 6.49. The van der Waals surface area contributed by atoms with Crippen molar-refractivity contribution in [3.63, 3.8) is 0 Å². The van der Waals surface area contributed by atoms with Crippen molar-refractivity contribution in [1.82, 2.24) is 14.8 Å². The Balaban J connectivity index is 2.23. The molecule has 112 valence electrons. The predicted octanol–water partition coefficient (Wildman–Crippen LogP) is 1.99. The van der Waals surface area contributed by atoms with Crippen molar-refractivity contribution in [2.45, 2.75) is 20.4 Å². The Morgan fingerprint density at radius 3 is 2.52 bits per heavy atom. The second kappa shape index (κ2) is 5.78. The number of nitrogens with zero attached hydrogens (tertiary/aromatic N) is 4. The molecule has 21 heavy (non-hydrogen) atoms. The SMILES string of the molecule is CNc1cc([N+](=O)[O-])cc(NCc2c(C)nn(C)c2C)n1. The molecule has 2 heterocycles. The van der Waals surface area contributed by atoms with Gasteiger partial charge in [-0.15, -0.1) is 0 Å². The van der Waals surface area contributed by atoms with Crippen LogP contribution in [0.2, 0.25) is 0 Å². The van der Waals surface area contributed by atoms with Crippen molar-refractivity contribution < 1.29 is 4.92 Å². The minimum absolute atomic E-state index is 0.00326. The highest BCUT2D eigenvalue weighted by Crippen LogP contribution is 2.21. The highest BCUT2D eigenvalue weighted by molar-refractivity contribution is 5.54. The van der Waals surface area contributed by atoms with E-state index in [1.54, 1.807) is 7.05 Å². The van der Waals surface area contributed by atoms with Gasteiger partial charge in [-0.2, -0.15) is 5.10 Å². The summed E-state index contributed by atoms with van der Waals surface area (Å²) in [5.41, 5.74) is 3.05. The Morgan fingerprint density at radius 2 is 2.00 bits per heavy atom. The molecule has 0 saturated carbocycles. The van der Waals surface area contributed by atoms with Gasteiger partial charge in [-0.25, -0.2) is 4.98 Å². The normalized spacial score (nSPS) is 10.5. The monoisotopic (exact) mass is 290 g/mol. The summed E-state index contributed by atoms with van der Waals surface area (Å²) in [7, 11) is 3.56. The standard InChI is InChI=1S/C13H18N6O2/c1-8-11(9(2)18(4)17-8)7-15-13-6-10(19(20)21)5-12(14-3)16-13/h5-6H,7H2,1-4H3,(H2,14,15,16). The summed E-state index contributed by atoms with van der Waals surface area (Å²) < 4.78 is 1.81. The summed E-state index contributed by atoms with van der Waals surface area (Å²) in [5.74, 6) is 0.905. The van der Waals surface area contributed by atoms with E-state index in [-0.39, 0.29) is 5.69 Å². The first-order chi connectivity index (χ1) is 9.92. The summed E-state index contributed by atoms with van der Waals surface area (Å²) in [6.45, 7) is 4.43. The van der Waals surface area contributed by atoms with Gasteiger partial charge in [0.05, 0.1) is 22.7 Å². The van der Waals surface area contributed by atoms with E-state index in [4.69, 9.17) is 0 Å². The van der Waals surface area contributed by atoms with E-state index < -0.39 is 4.92 Å². The maximum absolute atomic E-state index is 10.9. The molecule has 0 radical (unpaired) electrons. The van der Waals surface area contributed by atoms with E-state index in [0.29, 0.717) is 18.2 Å². The first-order valence-corrected chi connectivity index (χ1v) is 6.49. The van der Waals surface area contributed by atoms with Gasteiger partial charge in [0.15, 0.2) is 0 Å². The van der Waals surface area contributed by atoms with Crippen molar-refractivity contribution in [2.75, 3.05) is 17.7 Å². The van der Waals surface area contributed by atoms with Crippen LogP contribution in [0.5, 0.6) is 0 Å². The molecule has 0 aliphatic rings. The van der Waals surface area contributed by atoms with Crippen LogP contribution < -0.4 is 10.6 Å². The van der Waals surface area contributed by atoms with Crippen LogP contribution in [0.15, 0.2) is 12.1 Å². The smallest absolute Gasteiger partial charge is 0.276 e. The second-order valence-corrected chi connectivity index (χ2v) is 4.73. The lowest BCUT2D eigenvalue weighted by atomic mass is 10.2. The number of aryl methyl sites for hydroxylation is 2. The first kappa shape index (κ1) is 14.8. The van der Waals surface area contributed by atoms with Gasteiger partial charge in [-0.3, -0.25) is 14.8 Å². The van der Waals surface area contributed by atoms with E-state index >= 15 is 0 Å². The fourth-order valence-electron chi connectivity index (χ4n) is 2.09. The molecule has 0 saturated heterocycles. The van der Waals surface area contributed by atoms with E-state index in [1.807, 2.05) is 25.6 Å². The average Bonchev–Trinajstić information content (AvgIpc) is 2.69. The third-order valence-electron chi connectivity index (χ3n) is 3.38. The molecule has 8 nitrogen and oxygen atoms in total. The minimum Gasteiger partial charge on any atom is -0.373 e. The lowest BCUT2D eigenvalue weighted by molar-refractivity contribution is -0.384. The number of rotatable bonds is 5. The van der Waals surface area contributed by atoms with Crippen LogP contribution in [-0.4, -0.2) is 26.7 Å². The topological polar surface area (TPSA) is 97.9 Å². The highest BCUT2D eigenvalue weighted by atomic mass is 16.6. The maximum atomic E-state index is 10.9. The number of nitrogens with one attached hydrogen (secondary N) is 2. The number of aromatic nitrogens is 3. The summed E-state index contributed by atoms with van der Waals surface area (Å²) in [5, 5.41) is 21.2. The van der Waals surface area contributed by atoms with Crippen molar-refractivity contribution in [3.8, 4) is 0 Å². The van der Waals surface area contributed by atoms with Gasteiger partial charge in [-0.1, -0.05) is 0 Å². The largest absolute Gasteiger partial charge is 0.373 e. The quantitative estimate of drug-likeness (QED) is 0.645. The average molecular weight is 290 g/mol. The summed E-state index contributed by atoms with van der Waals surface area (Å²) in [6, 6.07) is 2.81. The Bertz CT molecular complexity index is 680. The Hall–Kier alpha value is -2.64. The van der Waals surface area contributed by atoms with Gasteiger partial charge < -0.3 is 10.6 Å². The molecule has 0 aliphatic carbocycles. The van der Waals surface area contributed by atoms with Gasteiger partial charge in [0.25, 0.3) is 5.69 Å². The van der Waals surface area contributed by atoms with E-state index in [9.17, 15) is 10.1 Å². The zero-order chi connectivity index (χ0) is 15.6. The van der Waals surface area contributed by atoms with Gasteiger partial charge in [0.1, 0.15) is 11.6 Å². The van der Waals surface area contributed by atoms with Crippen LogP contribution in [0.4, 0.5) is 17.3 Å². The van der Waals surface area contributed by atoms with Crippen LogP contribution in [-0.2, 0) is 13.6 Å². The Morgan fingerprint density at radius 1 is 1.33 bits per heavy atom. The molecule has 0 bridgehead atoms. The lowest BCUT2D eigenvalue weighted by Crippen LogP contribution is -2.06. The number of hydrogen-bond donors (Lipinski definition) is 2. The molecule has 0 amide bonds. The van der Waals surface area contributed by atoms with Crippen molar-refractivity contribution >= 4 is 17.3 Å².